The van der Waals surface area contributed by atoms with E-state index in [0.29, 0.717) is 22.8 Å². The molecule has 0 atom stereocenters. The van der Waals surface area contributed by atoms with Crippen molar-refractivity contribution in [3.63, 3.8) is 0 Å². The summed E-state index contributed by atoms with van der Waals surface area (Å²) in [6.45, 7) is 3.02. The van der Waals surface area contributed by atoms with Crippen LogP contribution in [0.25, 0.3) is 10.9 Å². The molecule has 2 rings (SSSR count). The third-order valence-electron chi connectivity index (χ3n) is 2.63. The maximum atomic E-state index is 12.1. The first-order valence-electron chi connectivity index (χ1n) is 5.72. The van der Waals surface area contributed by atoms with Gasteiger partial charge in [-0.15, -0.1) is 0 Å². The average molecular weight is 263 g/mol. The number of pyridine rings is 1. The largest absolute Gasteiger partial charge is 0.479 e. The number of aromatic amines is 1. The second-order valence-electron chi connectivity index (χ2n) is 3.96. The van der Waals surface area contributed by atoms with E-state index in [1.165, 1.54) is 7.11 Å². The van der Waals surface area contributed by atoms with Gasteiger partial charge in [0.2, 0.25) is 5.88 Å². The van der Waals surface area contributed by atoms with Crippen LogP contribution in [0.5, 0.6) is 5.88 Å². The van der Waals surface area contributed by atoms with Crippen molar-refractivity contribution in [2.24, 2.45) is 0 Å². The molecule has 0 spiro atoms. The Bertz CT molecular complexity index is 621. The predicted octanol–water partition coefficient (Wildman–Crippen LogP) is 2.17. The van der Waals surface area contributed by atoms with Gasteiger partial charge in [0.25, 0.3) is 5.91 Å². The van der Waals surface area contributed by atoms with E-state index >= 15 is 0 Å². The van der Waals surface area contributed by atoms with Crippen molar-refractivity contribution in [2.45, 2.75) is 6.42 Å². The summed E-state index contributed by atoms with van der Waals surface area (Å²) >= 11 is 0. The molecule has 2 aromatic rings. The molecule has 1 amide bonds. The lowest BCUT2D eigenvalue weighted by atomic mass is 10.3. The standard InChI is InChI=1S/C13H14FN3O2/c1-8(3-5-14)16-12(18)10-7-9-4-6-15-13(19-2)11(9)17-10/h4,6-7,17H,1,3,5H2,2H3,(H,16,18). The molecule has 100 valence electrons. The Balaban J connectivity index is 2.26. The van der Waals surface area contributed by atoms with E-state index < -0.39 is 6.67 Å². The molecule has 0 aliphatic rings. The highest BCUT2D eigenvalue weighted by molar-refractivity contribution is 5.99. The molecule has 2 N–H and O–H groups in total. The number of allylic oxidation sites excluding steroid dienone is 1. The zero-order chi connectivity index (χ0) is 13.8. The summed E-state index contributed by atoms with van der Waals surface area (Å²) in [7, 11) is 1.51. The number of hydrogen-bond acceptors (Lipinski definition) is 3. The van der Waals surface area contributed by atoms with Crippen LogP contribution >= 0.6 is 0 Å². The van der Waals surface area contributed by atoms with Gasteiger partial charge in [0, 0.05) is 23.7 Å². The number of nitrogens with zero attached hydrogens (tertiary/aromatic N) is 1. The molecule has 0 aliphatic carbocycles. The number of H-pyrrole nitrogens is 1. The number of halogens is 1. The van der Waals surface area contributed by atoms with Gasteiger partial charge in [-0.1, -0.05) is 6.58 Å². The first-order chi connectivity index (χ1) is 9.15. The summed E-state index contributed by atoms with van der Waals surface area (Å²) < 4.78 is 17.2. The normalized spacial score (nSPS) is 10.4. The van der Waals surface area contributed by atoms with E-state index in [1.807, 2.05) is 0 Å². The van der Waals surface area contributed by atoms with Gasteiger partial charge in [0.15, 0.2) is 0 Å². The third-order valence-corrected chi connectivity index (χ3v) is 2.63. The molecule has 0 aromatic carbocycles. The summed E-state index contributed by atoms with van der Waals surface area (Å²) in [6.07, 6.45) is 1.70. The summed E-state index contributed by atoms with van der Waals surface area (Å²) in [5, 5.41) is 3.34. The first kappa shape index (κ1) is 13.1. The Labute approximate surface area is 109 Å². The highest BCUT2D eigenvalue weighted by Gasteiger charge is 2.13. The molecule has 2 heterocycles. The third kappa shape index (κ3) is 2.73. The fourth-order valence-electron chi connectivity index (χ4n) is 1.71. The summed E-state index contributed by atoms with van der Waals surface area (Å²) in [5.41, 5.74) is 1.34. The monoisotopic (exact) mass is 263 g/mol. The number of fused-ring (bicyclic) bond motifs is 1. The molecule has 0 aliphatic heterocycles. The number of carbonyl (C=O) groups excluding carboxylic acids is 1. The minimum atomic E-state index is -0.552. The zero-order valence-corrected chi connectivity index (χ0v) is 10.5. The molecular formula is C13H14FN3O2. The van der Waals surface area contributed by atoms with Gasteiger partial charge in [0.05, 0.1) is 13.8 Å². The van der Waals surface area contributed by atoms with Crippen LogP contribution in [0, 0.1) is 0 Å². The maximum absolute atomic E-state index is 12.1. The number of hydrogen-bond donors (Lipinski definition) is 2. The first-order valence-corrected chi connectivity index (χ1v) is 5.72. The van der Waals surface area contributed by atoms with E-state index in [1.54, 1.807) is 18.3 Å². The van der Waals surface area contributed by atoms with Crippen LogP contribution in [-0.2, 0) is 0 Å². The van der Waals surface area contributed by atoms with Crippen LogP contribution in [0.4, 0.5) is 4.39 Å². The smallest absolute Gasteiger partial charge is 0.271 e. The van der Waals surface area contributed by atoms with Crippen molar-refractivity contribution in [2.75, 3.05) is 13.8 Å². The number of rotatable bonds is 5. The van der Waals surface area contributed by atoms with E-state index in [0.717, 1.165) is 5.39 Å². The topological polar surface area (TPSA) is 67.0 Å². The number of amides is 1. The van der Waals surface area contributed by atoms with Crippen molar-refractivity contribution in [1.82, 2.24) is 15.3 Å². The zero-order valence-electron chi connectivity index (χ0n) is 10.5. The van der Waals surface area contributed by atoms with Crippen molar-refractivity contribution in [3.8, 4) is 5.88 Å². The van der Waals surface area contributed by atoms with Crippen LogP contribution in [-0.4, -0.2) is 29.7 Å². The number of alkyl halides is 1. The summed E-state index contributed by atoms with van der Waals surface area (Å²) in [5.74, 6) is 0.0517. The lowest BCUT2D eigenvalue weighted by Crippen LogP contribution is -2.22. The van der Waals surface area contributed by atoms with E-state index in [2.05, 4.69) is 21.9 Å². The molecule has 2 aromatic heterocycles. The van der Waals surface area contributed by atoms with Crippen molar-refractivity contribution in [3.05, 3.63) is 36.3 Å². The molecule has 6 heteroatoms. The minimum Gasteiger partial charge on any atom is -0.479 e. The molecule has 0 saturated heterocycles. The molecular weight excluding hydrogens is 249 g/mol. The second-order valence-corrected chi connectivity index (χ2v) is 3.96. The van der Waals surface area contributed by atoms with Gasteiger partial charge in [-0.25, -0.2) is 4.98 Å². The molecule has 0 bridgehead atoms. The van der Waals surface area contributed by atoms with Gasteiger partial charge in [-0.05, 0) is 12.1 Å². The number of methoxy groups -OCH3 is 1. The molecule has 0 fully saturated rings. The Morgan fingerprint density at radius 1 is 1.63 bits per heavy atom. The van der Waals surface area contributed by atoms with Gasteiger partial charge in [-0.3, -0.25) is 9.18 Å². The van der Waals surface area contributed by atoms with E-state index in [9.17, 15) is 9.18 Å². The number of nitrogens with one attached hydrogen (secondary N) is 2. The quantitative estimate of drug-likeness (QED) is 0.868. The summed E-state index contributed by atoms with van der Waals surface area (Å²) in [6, 6.07) is 3.44. The van der Waals surface area contributed by atoms with Crippen LogP contribution in [0.15, 0.2) is 30.6 Å². The van der Waals surface area contributed by atoms with E-state index in [-0.39, 0.29) is 12.3 Å². The fraction of sp³-hybridized carbons (Fsp3) is 0.231. The van der Waals surface area contributed by atoms with E-state index in [4.69, 9.17) is 4.74 Å². The SMILES string of the molecule is C=C(CCF)NC(=O)c1cc2ccnc(OC)c2[nH]1. The lowest BCUT2D eigenvalue weighted by Gasteiger charge is -2.04. The molecule has 19 heavy (non-hydrogen) atoms. The fourth-order valence-corrected chi connectivity index (χ4v) is 1.71. The van der Waals surface area contributed by atoms with Crippen molar-refractivity contribution >= 4 is 16.8 Å². The van der Waals surface area contributed by atoms with Crippen LogP contribution in [0.2, 0.25) is 0 Å². The molecule has 0 saturated carbocycles. The van der Waals surface area contributed by atoms with Crippen molar-refractivity contribution in [1.29, 1.82) is 0 Å². The Hall–Kier alpha value is -2.37. The predicted molar refractivity (Wildman–Crippen MR) is 69.8 cm³/mol. The Kier molecular flexibility index (Phi) is 3.79. The van der Waals surface area contributed by atoms with Gasteiger partial charge < -0.3 is 15.0 Å². The van der Waals surface area contributed by atoms with Gasteiger partial charge in [-0.2, -0.15) is 0 Å². The minimum absolute atomic E-state index is 0.108. The molecule has 0 unspecified atom stereocenters. The maximum Gasteiger partial charge on any atom is 0.271 e. The van der Waals surface area contributed by atoms with Gasteiger partial charge in [0.1, 0.15) is 11.2 Å². The summed E-state index contributed by atoms with van der Waals surface area (Å²) in [4.78, 5) is 18.9. The van der Waals surface area contributed by atoms with Crippen LogP contribution < -0.4 is 10.1 Å². The van der Waals surface area contributed by atoms with Crippen LogP contribution in [0.3, 0.4) is 0 Å². The Morgan fingerprint density at radius 3 is 3.11 bits per heavy atom. The molecule has 5 nitrogen and oxygen atoms in total. The number of aromatic nitrogens is 2. The lowest BCUT2D eigenvalue weighted by molar-refractivity contribution is 0.0960. The second kappa shape index (κ2) is 5.51. The Morgan fingerprint density at radius 2 is 2.42 bits per heavy atom. The highest BCUT2D eigenvalue weighted by Crippen LogP contribution is 2.22. The van der Waals surface area contributed by atoms with Crippen LogP contribution in [0.1, 0.15) is 16.9 Å². The number of ether oxygens (including phenoxy) is 1. The number of carbonyl (C=O) groups is 1. The van der Waals surface area contributed by atoms with Crippen molar-refractivity contribution < 1.29 is 13.9 Å². The molecule has 0 radical (unpaired) electrons. The average Bonchev–Trinajstić information content (AvgIpc) is 2.82. The van der Waals surface area contributed by atoms with Gasteiger partial charge >= 0.3 is 0 Å². The highest BCUT2D eigenvalue weighted by atomic mass is 19.1.